The number of aromatic nitrogens is 2. The number of imidazole rings is 1. The average Bonchev–Trinajstić information content (AvgIpc) is 2.91. The van der Waals surface area contributed by atoms with E-state index >= 15 is 0 Å². The largest absolute Gasteiger partial charge is 0.469 e. The summed E-state index contributed by atoms with van der Waals surface area (Å²) < 4.78 is 11.7. The Balaban J connectivity index is 2.01. The number of hydrogen-bond donors (Lipinski definition) is 0. The maximum absolute atomic E-state index is 11.0. The quantitative estimate of drug-likeness (QED) is 0.752. The summed E-state index contributed by atoms with van der Waals surface area (Å²) in [6.07, 6.45) is 4.07. The average molecular weight is 268 g/mol. The van der Waals surface area contributed by atoms with Gasteiger partial charge in [-0.1, -0.05) is 0 Å². The van der Waals surface area contributed by atoms with Gasteiger partial charge in [-0.3, -0.25) is 9.20 Å². The van der Waals surface area contributed by atoms with Crippen molar-refractivity contribution in [3.63, 3.8) is 0 Å². The molecule has 0 atom stereocenters. The highest BCUT2D eigenvalue weighted by Gasteiger charge is 2.08. The fourth-order valence-electron chi connectivity index (χ4n) is 1.79. The van der Waals surface area contributed by atoms with E-state index in [-0.39, 0.29) is 5.97 Å². The summed E-state index contributed by atoms with van der Waals surface area (Å²) in [5.74, 6) is -0.160. The molecule has 0 aliphatic carbocycles. The van der Waals surface area contributed by atoms with Crippen LogP contribution >= 0.6 is 11.3 Å². The van der Waals surface area contributed by atoms with Crippen LogP contribution in [0.4, 0.5) is 0 Å². The molecular weight excluding hydrogens is 252 g/mol. The van der Waals surface area contributed by atoms with E-state index in [1.54, 1.807) is 18.4 Å². The number of esters is 1. The molecule has 6 heteroatoms. The highest BCUT2D eigenvalue weighted by Crippen LogP contribution is 2.18. The second-order valence-corrected chi connectivity index (χ2v) is 4.81. The van der Waals surface area contributed by atoms with Crippen LogP contribution in [0.1, 0.15) is 24.2 Å². The van der Waals surface area contributed by atoms with Gasteiger partial charge in [0.2, 0.25) is 0 Å². The Morgan fingerprint density at radius 2 is 2.33 bits per heavy atom. The van der Waals surface area contributed by atoms with Crippen molar-refractivity contribution in [2.24, 2.45) is 0 Å². The molecule has 2 aromatic rings. The van der Waals surface area contributed by atoms with Crippen LogP contribution in [-0.4, -0.2) is 29.6 Å². The predicted octanol–water partition coefficient (Wildman–Crippen LogP) is 2.04. The molecule has 18 heavy (non-hydrogen) atoms. The van der Waals surface area contributed by atoms with E-state index in [1.807, 2.05) is 6.20 Å². The summed E-state index contributed by atoms with van der Waals surface area (Å²) in [4.78, 5) is 16.5. The lowest BCUT2D eigenvalue weighted by atomic mass is 10.2. The monoisotopic (exact) mass is 268 g/mol. The van der Waals surface area contributed by atoms with Gasteiger partial charge in [-0.05, 0) is 12.8 Å². The highest BCUT2D eigenvalue weighted by molar-refractivity contribution is 7.15. The maximum Gasteiger partial charge on any atom is 0.305 e. The zero-order valence-corrected chi connectivity index (χ0v) is 11.3. The first-order valence-corrected chi connectivity index (χ1v) is 6.62. The van der Waals surface area contributed by atoms with Crippen molar-refractivity contribution < 1.29 is 14.3 Å². The topological polar surface area (TPSA) is 52.8 Å². The zero-order chi connectivity index (χ0) is 13.0. The molecule has 0 spiro atoms. The fraction of sp³-hybridized carbons (Fsp3) is 0.500. The Bertz CT molecular complexity index is 532. The number of nitrogens with zero attached hydrogens (tertiary/aromatic N) is 2. The minimum atomic E-state index is -0.160. The molecule has 0 unspecified atom stereocenters. The summed E-state index contributed by atoms with van der Waals surface area (Å²) in [6.45, 7) is 0.524. The lowest BCUT2D eigenvalue weighted by Crippen LogP contribution is -2.01. The molecule has 5 nitrogen and oxygen atoms in total. The molecule has 2 aromatic heterocycles. The third-order valence-electron chi connectivity index (χ3n) is 2.67. The van der Waals surface area contributed by atoms with Crippen LogP contribution in [0.2, 0.25) is 0 Å². The molecule has 0 fully saturated rings. The number of rotatable bonds is 6. The Labute approximate surface area is 109 Å². The van der Waals surface area contributed by atoms with Crippen LogP contribution in [-0.2, 0) is 27.3 Å². The van der Waals surface area contributed by atoms with Crippen molar-refractivity contribution in [2.45, 2.75) is 25.9 Å². The maximum atomic E-state index is 11.0. The first kappa shape index (κ1) is 13.0. The summed E-state index contributed by atoms with van der Waals surface area (Å²) in [6, 6.07) is 0. The molecule has 0 amide bonds. The van der Waals surface area contributed by atoms with Crippen LogP contribution in [0.15, 0.2) is 11.6 Å². The molecule has 0 aromatic carbocycles. The van der Waals surface area contributed by atoms with Crippen LogP contribution < -0.4 is 0 Å². The van der Waals surface area contributed by atoms with Gasteiger partial charge in [0.05, 0.1) is 19.4 Å². The van der Waals surface area contributed by atoms with E-state index < -0.39 is 0 Å². The zero-order valence-electron chi connectivity index (χ0n) is 10.5. The van der Waals surface area contributed by atoms with Gasteiger partial charge in [0, 0.05) is 30.8 Å². The van der Waals surface area contributed by atoms with Crippen molar-refractivity contribution in [1.82, 2.24) is 9.38 Å². The van der Waals surface area contributed by atoms with Crippen molar-refractivity contribution in [2.75, 3.05) is 14.2 Å². The van der Waals surface area contributed by atoms with E-state index in [9.17, 15) is 4.79 Å². The molecule has 2 heterocycles. The van der Waals surface area contributed by atoms with Gasteiger partial charge >= 0.3 is 5.97 Å². The second kappa shape index (κ2) is 5.97. The summed E-state index contributed by atoms with van der Waals surface area (Å²) in [7, 11) is 3.07. The van der Waals surface area contributed by atoms with Gasteiger partial charge in [-0.15, -0.1) is 11.3 Å². The third-order valence-corrected chi connectivity index (χ3v) is 3.56. The van der Waals surface area contributed by atoms with Gasteiger partial charge in [0.15, 0.2) is 4.96 Å². The number of carbonyl (C=O) groups is 1. The number of fused-ring (bicyclic) bond motifs is 1. The van der Waals surface area contributed by atoms with Crippen LogP contribution in [0.25, 0.3) is 4.96 Å². The van der Waals surface area contributed by atoms with Crippen LogP contribution in [0.5, 0.6) is 0 Å². The Morgan fingerprint density at radius 1 is 1.50 bits per heavy atom. The van der Waals surface area contributed by atoms with Crippen molar-refractivity contribution in [1.29, 1.82) is 0 Å². The van der Waals surface area contributed by atoms with Gasteiger partial charge in [-0.25, -0.2) is 4.98 Å². The fourth-order valence-corrected chi connectivity index (χ4v) is 2.72. The van der Waals surface area contributed by atoms with Gasteiger partial charge in [0.25, 0.3) is 0 Å². The summed E-state index contributed by atoms with van der Waals surface area (Å²) >= 11 is 1.61. The molecule has 0 aliphatic rings. The number of hydrogen-bond acceptors (Lipinski definition) is 5. The highest BCUT2D eigenvalue weighted by atomic mass is 32.1. The number of thiazole rings is 1. The first-order valence-electron chi connectivity index (χ1n) is 5.74. The molecule has 98 valence electrons. The molecule has 0 saturated carbocycles. The standard InChI is InChI=1S/C12H16N2O3S/c1-16-7-9-6-14-10(8-18-12(14)13-9)4-3-5-11(15)17-2/h6,8H,3-5,7H2,1-2H3. The predicted molar refractivity (Wildman–Crippen MR) is 68.7 cm³/mol. The van der Waals surface area contributed by atoms with E-state index in [1.165, 1.54) is 12.8 Å². The van der Waals surface area contributed by atoms with Crippen LogP contribution in [0.3, 0.4) is 0 Å². The van der Waals surface area contributed by atoms with Crippen molar-refractivity contribution >= 4 is 22.3 Å². The summed E-state index contributed by atoms with van der Waals surface area (Å²) in [5.41, 5.74) is 2.10. The molecule has 0 aliphatic heterocycles. The molecular formula is C12H16N2O3S. The normalized spacial score (nSPS) is 11.0. The number of aryl methyl sites for hydroxylation is 1. The first-order chi connectivity index (χ1) is 8.74. The molecule has 2 rings (SSSR count). The third kappa shape index (κ3) is 2.88. The van der Waals surface area contributed by atoms with Gasteiger partial charge in [-0.2, -0.15) is 0 Å². The number of methoxy groups -OCH3 is 2. The van der Waals surface area contributed by atoms with Crippen molar-refractivity contribution in [3.05, 3.63) is 23.0 Å². The Kier molecular flexibility index (Phi) is 4.33. The van der Waals surface area contributed by atoms with Gasteiger partial charge < -0.3 is 9.47 Å². The number of ether oxygens (including phenoxy) is 2. The van der Waals surface area contributed by atoms with Crippen LogP contribution in [0, 0.1) is 0 Å². The number of carbonyl (C=O) groups excluding carboxylic acids is 1. The SMILES string of the molecule is COCc1cn2c(CCCC(=O)OC)csc2n1. The van der Waals surface area contributed by atoms with Crippen molar-refractivity contribution in [3.8, 4) is 0 Å². The van der Waals surface area contributed by atoms with E-state index in [0.29, 0.717) is 13.0 Å². The Morgan fingerprint density at radius 3 is 3.06 bits per heavy atom. The lowest BCUT2D eigenvalue weighted by molar-refractivity contribution is -0.140. The summed E-state index contributed by atoms with van der Waals surface area (Å²) in [5, 5.41) is 2.08. The smallest absolute Gasteiger partial charge is 0.305 e. The second-order valence-electron chi connectivity index (χ2n) is 3.97. The minimum absolute atomic E-state index is 0.160. The minimum Gasteiger partial charge on any atom is -0.469 e. The van der Waals surface area contributed by atoms with E-state index in [4.69, 9.17) is 4.74 Å². The van der Waals surface area contributed by atoms with Gasteiger partial charge in [0.1, 0.15) is 0 Å². The molecule has 0 bridgehead atoms. The Hall–Kier alpha value is -1.40. The van der Waals surface area contributed by atoms with E-state index in [0.717, 1.165) is 23.5 Å². The lowest BCUT2D eigenvalue weighted by Gasteiger charge is -1.99. The molecule has 0 N–H and O–H groups in total. The molecule has 0 saturated heterocycles. The molecule has 0 radical (unpaired) electrons. The van der Waals surface area contributed by atoms with E-state index in [2.05, 4.69) is 19.5 Å².